The summed E-state index contributed by atoms with van der Waals surface area (Å²) in [6.45, 7) is 6.65. The van der Waals surface area contributed by atoms with Gasteiger partial charge in [-0.05, 0) is 30.6 Å². The molecule has 0 aromatic heterocycles. The fourth-order valence-corrected chi connectivity index (χ4v) is 3.62. The van der Waals surface area contributed by atoms with Crippen molar-refractivity contribution in [2.45, 2.75) is 52.2 Å². The van der Waals surface area contributed by atoms with Crippen molar-refractivity contribution in [2.75, 3.05) is 6.54 Å². The van der Waals surface area contributed by atoms with Gasteiger partial charge in [0.2, 0.25) is 0 Å². The molecule has 0 aromatic rings. The summed E-state index contributed by atoms with van der Waals surface area (Å²) in [5.41, 5.74) is 5.52. The number of esters is 1. The zero-order chi connectivity index (χ0) is 12.8. The van der Waals surface area contributed by atoms with Crippen LogP contribution in [0.3, 0.4) is 0 Å². The predicted molar refractivity (Wildman–Crippen MR) is 64.2 cm³/mol. The Labute approximate surface area is 103 Å². The van der Waals surface area contributed by atoms with Gasteiger partial charge in [-0.2, -0.15) is 0 Å². The summed E-state index contributed by atoms with van der Waals surface area (Å²) in [5.74, 6) is 0.0578. The Kier molecular flexibility index (Phi) is 2.99. The fourth-order valence-electron chi connectivity index (χ4n) is 3.62. The van der Waals surface area contributed by atoms with Gasteiger partial charge < -0.3 is 15.6 Å². The van der Waals surface area contributed by atoms with Crippen molar-refractivity contribution in [3.05, 3.63) is 0 Å². The van der Waals surface area contributed by atoms with Crippen LogP contribution in [0, 0.1) is 16.7 Å². The van der Waals surface area contributed by atoms with E-state index in [0.29, 0.717) is 5.92 Å². The highest BCUT2D eigenvalue weighted by Crippen LogP contribution is 2.66. The molecular weight excluding hydrogens is 218 g/mol. The van der Waals surface area contributed by atoms with E-state index in [1.54, 1.807) is 0 Å². The number of carbonyl (C=O) groups is 1. The fraction of sp³-hybridized carbons (Fsp3) is 0.923. The third kappa shape index (κ3) is 1.69. The first kappa shape index (κ1) is 12.8. The van der Waals surface area contributed by atoms with E-state index in [0.717, 1.165) is 12.8 Å². The highest BCUT2D eigenvalue weighted by Gasteiger charge is 2.62. The number of hydrogen-bond donors (Lipinski definition) is 2. The van der Waals surface area contributed by atoms with Crippen LogP contribution in [0.25, 0.3) is 0 Å². The molecule has 0 amide bonds. The Bertz CT molecular complexity index is 329. The zero-order valence-corrected chi connectivity index (χ0v) is 10.9. The molecular formula is C13H23NO3. The molecule has 2 aliphatic carbocycles. The largest absolute Gasteiger partial charge is 0.460 e. The average Bonchev–Trinajstić information content (AvgIpc) is 2.60. The lowest BCUT2D eigenvalue weighted by molar-refractivity contribution is -0.166. The zero-order valence-electron chi connectivity index (χ0n) is 10.9. The van der Waals surface area contributed by atoms with Crippen molar-refractivity contribution in [3.63, 3.8) is 0 Å². The maximum absolute atomic E-state index is 11.6. The van der Waals surface area contributed by atoms with Gasteiger partial charge in [0.1, 0.15) is 6.10 Å². The number of hydrogen-bond acceptors (Lipinski definition) is 4. The van der Waals surface area contributed by atoms with Crippen LogP contribution < -0.4 is 5.73 Å². The quantitative estimate of drug-likeness (QED) is 0.725. The van der Waals surface area contributed by atoms with Crippen molar-refractivity contribution in [3.8, 4) is 0 Å². The van der Waals surface area contributed by atoms with E-state index in [1.165, 1.54) is 6.42 Å². The molecule has 0 saturated heterocycles. The molecule has 0 aromatic carbocycles. The van der Waals surface area contributed by atoms with Crippen molar-refractivity contribution in [1.82, 2.24) is 0 Å². The normalized spacial score (nSPS) is 40.3. The number of carbonyl (C=O) groups excluding carboxylic acids is 1. The Balaban J connectivity index is 2.08. The second-order valence-electron chi connectivity index (χ2n) is 6.29. The lowest BCUT2D eigenvalue weighted by Crippen LogP contribution is -2.41. The van der Waals surface area contributed by atoms with Gasteiger partial charge in [-0.1, -0.05) is 20.8 Å². The van der Waals surface area contributed by atoms with Crippen molar-refractivity contribution in [2.24, 2.45) is 22.5 Å². The molecule has 17 heavy (non-hydrogen) atoms. The minimum atomic E-state index is -1.18. The summed E-state index contributed by atoms with van der Waals surface area (Å²) in [6.07, 6.45) is 2.00. The van der Waals surface area contributed by atoms with E-state index >= 15 is 0 Å². The standard InChI is InChI=1S/C13H23NO3/c1-12(2)8-4-5-13(12,3)10(6-8)17-11(16)9(15)7-14/h8-10,15H,4-7,14H2,1-3H3/t8?,9-,10?,13?/m0/s1. The smallest absolute Gasteiger partial charge is 0.336 e. The molecule has 4 atom stereocenters. The summed E-state index contributed by atoms with van der Waals surface area (Å²) in [7, 11) is 0. The molecule has 3 N–H and O–H groups in total. The number of aliphatic hydroxyl groups is 1. The van der Waals surface area contributed by atoms with Crippen LogP contribution in [0.2, 0.25) is 0 Å². The van der Waals surface area contributed by atoms with Crippen LogP contribution in [0.4, 0.5) is 0 Å². The summed E-state index contributed by atoms with van der Waals surface area (Å²) >= 11 is 0. The van der Waals surface area contributed by atoms with Gasteiger partial charge in [-0.3, -0.25) is 0 Å². The maximum atomic E-state index is 11.6. The molecule has 0 aliphatic heterocycles. The summed E-state index contributed by atoms with van der Waals surface area (Å²) in [4.78, 5) is 11.6. The highest BCUT2D eigenvalue weighted by atomic mass is 16.6. The van der Waals surface area contributed by atoms with E-state index in [-0.39, 0.29) is 23.5 Å². The monoisotopic (exact) mass is 241 g/mol. The Morgan fingerprint density at radius 3 is 2.59 bits per heavy atom. The number of rotatable bonds is 3. The van der Waals surface area contributed by atoms with E-state index in [1.807, 2.05) is 0 Å². The lowest BCUT2D eigenvalue weighted by Gasteiger charge is -2.38. The topological polar surface area (TPSA) is 72.5 Å². The molecule has 98 valence electrons. The predicted octanol–water partition coefficient (Wildman–Crippen LogP) is 1.06. The molecule has 2 fully saturated rings. The minimum Gasteiger partial charge on any atom is -0.460 e. The number of nitrogens with two attached hydrogens (primary N) is 1. The number of ether oxygens (including phenoxy) is 1. The molecule has 0 spiro atoms. The van der Waals surface area contributed by atoms with E-state index < -0.39 is 12.1 Å². The molecule has 4 heteroatoms. The molecule has 2 rings (SSSR count). The molecule has 0 heterocycles. The second-order valence-corrected chi connectivity index (χ2v) is 6.29. The molecule has 3 unspecified atom stereocenters. The first-order valence-electron chi connectivity index (χ1n) is 6.41. The van der Waals surface area contributed by atoms with Gasteiger partial charge in [0.25, 0.3) is 0 Å². The Morgan fingerprint density at radius 2 is 2.18 bits per heavy atom. The highest BCUT2D eigenvalue weighted by molar-refractivity contribution is 5.74. The first-order valence-corrected chi connectivity index (χ1v) is 6.41. The van der Waals surface area contributed by atoms with Crippen molar-refractivity contribution < 1.29 is 14.6 Å². The molecule has 2 saturated carbocycles. The summed E-state index contributed by atoms with van der Waals surface area (Å²) in [6, 6.07) is 0. The van der Waals surface area contributed by atoms with Crippen LogP contribution in [0.5, 0.6) is 0 Å². The second kappa shape index (κ2) is 3.95. The van der Waals surface area contributed by atoms with Gasteiger partial charge in [-0.25, -0.2) is 4.79 Å². The summed E-state index contributed by atoms with van der Waals surface area (Å²) in [5, 5.41) is 9.37. The van der Waals surface area contributed by atoms with Gasteiger partial charge in [0, 0.05) is 12.0 Å². The Morgan fingerprint density at radius 1 is 1.53 bits per heavy atom. The molecule has 0 radical (unpaired) electrons. The van der Waals surface area contributed by atoms with Crippen LogP contribution in [-0.2, 0) is 9.53 Å². The van der Waals surface area contributed by atoms with Gasteiger partial charge >= 0.3 is 5.97 Å². The first-order chi connectivity index (χ1) is 7.83. The van der Waals surface area contributed by atoms with Gasteiger partial charge in [0.15, 0.2) is 6.10 Å². The third-order valence-electron chi connectivity index (χ3n) is 5.47. The SMILES string of the molecule is CC1(C)C2CCC1(C)C(OC(=O)[C@@H](O)CN)C2. The van der Waals surface area contributed by atoms with Crippen LogP contribution in [0.1, 0.15) is 40.0 Å². The van der Waals surface area contributed by atoms with Crippen LogP contribution in [-0.4, -0.2) is 29.8 Å². The van der Waals surface area contributed by atoms with Gasteiger partial charge in [-0.15, -0.1) is 0 Å². The maximum Gasteiger partial charge on any atom is 0.336 e. The van der Waals surface area contributed by atoms with Crippen LogP contribution >= 0.6 is 0 Å². The van der Waals surface area contributed by atoms with Crippen molar-refractivity contribution in [1.29, 1.82) is 0 Å². The lowest BCUT2D eigenvalue weighted by atomic mass is 9.70. The summed E-state index contributed by atoms with van der Waals surface area (Å²) < 4.78 is 5.47. The average molecular weight is 241 g/mol. The van der Waals surface area contributed by atoms with E-state index in [2.05, 4.69) is 20.8 Å². The number of fused-ring (bicyclic) bond motifs is 2. The van der Waals surface area contributed by atoms with Crippen LogP contribution in [0.15, 0.2) is 0 Å². The Hall–Kier alpha value is -0.610. The molecule has 2 bridgehead atoms. The minimum absolute atomic E-state index is 0.0433. The van der Waals surface area contributed by atoms with E-state index in [9.17, 15) is 9.90 Å². The van der Waals surface area contributed by atoms with Crippen molar-refractivity contribution >= 4 is 5.97 Å². The molecule has 2 aliphatic rings. The molecule has 4 nitrogen and oxygen atoms in total. The third-order valence-corrected chi connectivity index (χ3v) is 5.47. The number of aliphatic hydroxyl groups excluding tert-OH is 1. The van der Waals surface area contributed by atoms with E-state index in [4.69, 9.17) is 10.5 Å². The van der Waals surface area contributed by atoms with Gasteiger partial charge in [0.05, 0.1) is 0 Å².